The highest BCUT2D eigenvalue weighted by Crippen LogP contribution is 2.74. The minimum absolute atomic E-state index is 0.00115. The van der Waals surface area contributed by atoms with E-state index in [1.807, 2.05) is 0 Å². The van der Waals surface area contributed by atoms with Gasteiger partial charge in [-0.15, -0.1) is 0 Å². The third-order valence-corrected chi connectivity index (χ3v) is 17.0. The SMILES string of the molecule is CCC(OC[C@](C)(NSI)C(C)C)[C@@]1(C)COC(C)C2(C)C3=CC[C@]45C=CC[C@]([C@H](OCc6ccccc6)C(C)C)(CCC4(C)C3CCC21)C5. The Bertz CT molecular complexity index is 1400. The molecule has 4 nitrogen and oxygen atoms in total. The molecule has 0 radical (unpaired) electrons. The van der Waals surface area contributed by atoms with Gasteiger partial charge in [-0.05, 0) is 114 Å². The molecule has 5 aliphatic rings. The largest absolute Gasteiger partial charge is 0.377 e. The molecule has 11 atom stereocenters. The van der Waals surface area contributed by atoms with Crippen LogP contribution in [0.2, 0.25) is 0 Å². The number of halogens is 1. The molecule has 280 valence electrons. The van der Waals surface area contributed by atoms with E-state index < -0.39 is 0 Å². The number of nitrogens with one attached hydrogen (secondary N) is 1. The number of benzene rings is 1. The minimum atomic E-state index is -0.0842. The number of ether oxygens (including phenoxy) is 3. The van der Waals surface area contributed by atoms with Crippen LogP contribution in [-0.2, 0) is 20.8 Å². The number of fused-ring (bicyclic) bond motifs is 5. The van der Waals surface area contributed by atoms with Gasteiger partial charge in [-0.2, -0.15) is 0 Å². The Labute approximate surface area is 322 Å². The molecule has 6 heteroatoms. The molecule has 4 aliphatic carbocycles. The molecule has 3 fully saturated rings. The number of rotatable bonds is 13. The lowest BCUT2D eigenvalue weighted by molar-refractivity contribution is -0.227. The first-order valence-corrected chi connectivity index (χ1v) is 23.3. The van der Waals surface area contributed by atoms with Gasteiger partial charge in [-0.25, -0.2) is 4.72 Å². The van der Waals surface area contributed by atoms with E-state index in [4.69, 9.17) is 14.2 Å². The quantitative estimate of drug-likeness (QED) is 0.122. The Balaban J connectivity index is 1.29. The fourth-order valence-corrected chi connectivity index (χ4v) is 14.2. The minimum Gasteiger partial charge on any atom is -0.377 e. The molecule has 2 bridgehead atoms. The van der Waals surface area contributed by atoms with Crippen molar-refractivity contribution in [1.29, 1.82) is 0 Å². The third kappa shape index (κ3) is 6.35. The Morgan fingerprint density at radius 3 is 2.44 bits per heavy atom. The second-order valence-electron chi connectivity index (χ2n) is 18.9. The second-order valence-corrected chi connectivity index (χ2v) is 20.6. The Hall–Kier alpha value is -0.380. The molecule has 50 heavy (non-hydrogen) atoms. The number of hydrogen-bond donors (Lipinski definition) is 1. The van der Waals surface area contributed by atoms with Crippen LogP contribution in [0.1, 0.15) is 126 Å². The van der Waals surface area contributed by atoms with Crippen molar-refractivity contribution in [3.8, 4) is 0 Å². The highest BCUT2D eigenvalue weighted by molar-refractivity contribution is 14.2. The van der Waals surface area contributed by atoms with Crippen molar-refractivity contribution in [2.75, 3.05) is 13.2 Å². The summed E-state index contributed by atoms with van der Waals surface area (Å²) in [6.07, 6.45) is 18.2. The highest BCUT2D eigenvalue weighted by Gasteiger charge is 2.68. The molecular weight excluding hydrogens is 749 g/mol. The average molecular weight is 818 g/mol. The molecule has 6 rings (SSSR count). The van der Waals surface area contributed by atoms with E-state index in [0.29, 0.717) is 36.9 Å². The highest BCUT2D eigenvalue weighted by atomic mass is 127. The van der Waals surface area contributed by atoms with E-state index in [0.717, 1.165) is 25.9 Å². The van der Waals surface area contributed by atoms with Gasteiger partial charge in [0.1, 0.15) is 0 Å². The third-order valence-electron chi connectivity index (χ3n) is 15.8. The van der Waals surface area contributed by atoms with Crippen LogP contribution in [0.5, 0.6) is 0 Å². The maximum absolute atomic E-state index is 7.04. The van der Waals surface area contributed by atoms with Crippen molar-refractivity contribution < 1.29 is 14.2 Å². The van der Waals surface area contributed by atoms with Gasteiger partial charge >= 0.3 is 0 Å². The molecule has 1 spiro atoms. The standard InChI is InChI=1S/C44H68INO3S/c1-11-37(49-29-41(9,31(4)5)46-50-45)39(7)28-48-32(6)42(10)35-20-23-44-22-15-21-43(27-44,25-24-40(44,8)34(35)18-19-36(39)42)38(30(2)3)47-26-33-16-13-12-14-17-33/h12-17,20,22,30-32,34,36-38,46H,11,18-19,21,23-29H2,1-10H3/t32?,34?,36?,37?,38-,39+,40?,41+,42?,43+,44+/m1/s1. The van der Waals surface area contributed by atoms with Gasteiger partial charge in [-0.3, -0.25) is 0 Å². The summed E-state index contributed by atoms with van der Waals surface area (Å²) in [6, 6.07) is 10.8. The summed E-state index contributed by atoms with van der Waals surface area (Å²) in [6.45, 7) is 26.4. The molecule has 1 aliphatic heterocycles. The molecule has 6 unspecified atom stereocenters. The molecule has 1 aromatic carbocycles. The molecule has 0 aromatic heterocycles. The zero-order chi connectivity index (χ0) is 36.2. The smallest absolute Gasteiger partial charge is 0.0721 e. The van der Waals surface area contributed by atoms with Crippen molar-refractivity contribution in [1.82, 2.24) is 4.72 Å². The van der Waals surface area contributed by atoms with Gasteiger partial charge in [0.15, 0.2) is 0 Å². The van der Waals surface area contributed by atoms with E-state index in [1.165, 1.54) is 37.7 Å². The maximum atomic E-state index is 7.04. The molecule has 2 saturated carbocycles. The Kier molecular flexibility index (Phi) is 11.6. The monoisotopic (exact) mass is 817 g/mol. The lowest BCUT2D eigenvalue weighted by Gasteiger charge is -2.69. The predicted octanol–water partition coefficient (Wildman–Crippen LogP) is 11.9. The van der Waals surface area contributed by atoms with E-state index in [-0.39, 0.29) is 50.9 Å². The van der Waals surface area contributed by atoms with Crippen LogP contribution in [0.3, 0.4) is 0 Å². The first-order chi connectivity index (χ1) is 23.6. The van der Waals surface area contributed by atoms with E-state index >= 15 is 0 Å². The van der Waals surface area contributed by atoms with Gasteiger partial charge in [-0.1, -0.05) is 110 Å². The molecule has 1 aromatic rings. The van der Waals surface area contributed by atoms with Crippen LogP contribution >= 0.6 is 30.3 Å². The summed E-state index contributed by atoms with van der Waals surface area (Å²) in [7, 11) is 1.68. The fourth-order valence-electron chi connectivity index (χ4n) is 12.3. The van der Waals surface area contributed by atoms with Crippen LogP contribution in [-0.4, -0.2) is 37.1 Å². The molecule has 1 N–H and O–H groups in total. The molecular formula is C44H68INO3S. The summed E-state index contributed by atoms with van der Waals surface area (Å²) in [5, 5.41) is 0. The van der Waals surface area contributed by atoms with Gasteiger partial charge in [0, 0.05) is 37.5 Å². The molecule has 1 heterocycles. The summed E-state index contributed by atoms with van der Waals surface area (Å²) in [5.74, 6) is 2.07. The second kappa shape index (κ2) is 14.7. The van der Waals surface area contributed by atoms with Crippen molar-refractivity contribution in [3.05, 3.63) is 59.7 Å². The normalized spacial score (nSPS) is 40.3. The first kappa shape index (κ1) is 39.3. The van der Waals surface area contributed by atoms with E-state index in [1.54, 1.807) is 14.7 Å². The first-order valence-electron chi connectivity index (χ1n) is 20.0. The lowest BCUT2D eigenvalue weighted by Crippen LogP contribution is -2.65. The van der Waals surface area contributed by atoms with Gasteiger partial charge in [0.05, 0.1) is 43.7 Å². The predicted molar refractivity (Wildman–Crippen MR) is 219 cm³/mol. The fraction of sp³-hybridized carbons (Fsp3) is 0.773. The van der Waals surface area contributed by atoms with Gasteiger partial charge < -0.3 is 14.2 Å². The van der Waals surface area contributed by atoms with E-state index in [2.05, 4.69) is 144 Å². The summed E-state index contributed by atoms with van der Waals surface area (Å²) < 4.78 is 24.6. The number of hydrogen-bond acceptors (Lipinski definition) is 5. The van der Waals surface area contributed by atoms with Crippen LogP contribution < -0.4 is 4.72 Å². The van der Waals surface area contributed by atoms with Crippen molar-refractivity contribution in [2.45, 2.75) is 151 Å². The maximum Gasteiger partial charge on any atom is 0.0721 e. The topological polar surface area (TPSA) is 39.7 Å². The van der Waals surface area contributed by atoms with Crippen LogP contribution in [0.4, 0.5) is 0 Å². The summed E-state index contributed by atoms with van der Waals surface area (Å²) >= 11 is 2.35. The van der Waals surface area contributed by atoms with Gasteiger partial charge in [0.2, 0.25) is 0 Å². The van der Waals surface area contributed by atoms with Crippen molar-refractivity contribution in [3.63, 3.8) is 0 Å². The molecule has 1 saturated heterocycles. The average Bonchev–Trinajstić information content (AvgIpc) is 3.08. The number of allylic oxidation sites excluding steroid dienone is 3. The van der Waals surface area contributed by atoms with Crippen molar-refractivity contribution in [2.24, 2.45) is 50.7 Å². The zero-order valence-corrected chi connectivity index (χ0v) is 35.9. The lowest BCUT2D eigenvalue weighted by atomic mass is 9.36. The summed E-state index contributed by atoms with van der Waals surface area (Å²) in [5.41, 5.74) is 3.50. The Morgan fingerprint density at radius 2 is 1.78 bits per heavy atom. The van der Waals surface area contributed by atoms with E-state index in [9.17, 15) is 0 Å². The Morgan fingerprint density at radius 1 is 1.04 bits per heavy atom. The van der Waals surface area contributed by atoms with Crippen molar-refractivity contribution >= 4 is 30.3 Å². The molecule has 0 amide bonds. The van der Waals surface area contributed by atoms with Crippen LogP contribution in [0, 0.1) is 50.7 Å². The summed E-state index contributed by atoms with van der Waals surface area (Å²) in [4.78, 5) is 0. The van der Waals surface area contributed by atoms with Crippen LogP contribution in [0.25, 0.3) is 0 Å². The van der Waals surface area contributed by atoms with Crippen LogP contribution in [0.15, 0.2) is 54.1 Å². The zero-order valence-electron chi connectivity index (χ0n) is 32.9. The van der Waals surface area contributed by atoms with Gasteiger partial charge in [0.25, 0.3) is 0 Å².